The first-order valence-electron chi connectivity index (χ1n) is 8.62. The van der Waals surface area contributed by atoms with Crippen molar-refractivity contribution in [3.05, 3.63) is 45.8 Å². The van der Waals surface area contributed by atoms with E-state index in [1.54, 1.807) is 13.1 Å². The van der Waals surface area contributed by atoms with Crippen molar-refractivity contribution in [2.24, 2.45) is 4.99 Å². The highest BCUT2D eigenvalue weighted by atomic mass is 35.5. The van der Waals surface area contributed by atoms with E-state index >= 15 is 0 Å². The zero-order valence-corrected chi connectivity index (χ0v) is 16.2. The van der Waals surface area contributed by atoms with Gasteiger partial charge in [-0.3, -0.25) is 4.99 Å². The summed E-state index contributed by atoms with van der Waals surface area (Å²) in [5.41, 5.74) is 2.41. The van der Waals surface area contributed by atoms with E-state index < -0.39 is 6.61 Å². The molecule has 0 atom stereocenters. The summed E-state index contributed by atoms with van der Waals surface area (Å²) in [7, 11) is 1.62. The van der Waals surface area contributed by atoms with Crippen molar-refractivity contribution >= 4 is 17.6 Å². The Kier molecular flexibility index (Phi) is 7.84. The van der Waals surface area contributed by atoms with Crippen molar-refractivity contribution in [3.8, 4) is 5.75 Å². The van der Waals surface area contributed by atoms with Crippen LogP contribution in [0, 0.1) is 0 Å². The summed E-state index contributed by atoms with van der Waals surface area (Å²) in [6.07, 6.45) is 1.51. The lowest BCUT2D eigenvalue weighted by molar-refractivity contribution is -0.0504. The molecular weight excluding hydrogens is 378 g/mol. The van der Waals surface area contributed by atoms with Crippen molar-refractivity contribution in [1.82, 2.24) is 15.8 Å². The fraction of sp³-hybridized carbons (Fsp3) is 0.444. The van der Waals surface area contributed by atoms with E-state index in [9.17, 15) is 8.78 Å². The molecule has 0 unspecified atom stereocenters. The van der Waals surface area contributed by atoms with Gasteiger partial charge in [0.05, 0.1) is 5.69 Å². The molecule has 0 saturated heterocycles. The zero-order chi connectivity index (χ0) is 19.8. The summed E-state index contributed by atoms with van der Waals surface area (Å²) in [6.45, 7) is 1.81. The summed E-state index contributed by atoms with van der Waals surface area (Å²) in [4.78, 5) is 4.15. The number of alkyl halides is 2. The second-order valence-electron chi connectivity index (χ2n) is 5.65. The Morgan fingerprint density at radius 3 is 2.63 bits per heavy atom. The number of benzene rings is 1. The van der Waals surface area contributed by atoms with Crippen LogP contribution in [0.3, 0.4) is 0 Å². The Hall–Kier alpha value is -2.35. The Bertz CT molecular complexity index is 759. The van der Waals surface area contributed by atoms with Crippen molar-refractivity contribution < 1.29 is 18.0 Å². The molecule has 27 heavy (non-hydrogen) atoms. The first-order chi connectivity index (χ1) is 13.0. The number of hydrogen-bond acceptors (Lipinski definition) is 4. The average Bonchev–Trinajstić information content (AvgIpc) is 3.05. The Morgan fingerprint density at radius 2 is 2.00 bits per heavy atom. The van der Waals surface area contributed by atoms with Crippen LogP contribution in [-0.2, 0) is 25.9 Å². The van der Waals surface area contributed by atoms with Gasteiger partial charge in [-0.25, -0.2) is 0 Å². The van der Waals surface area contributed by atoms with Gasteiger partial charge in [0, 0.05) is 42.7 Å². The van der Waals surface area contributed by atoms with Crippen molar-refractivity contribution in [1.29, 1.82) is 0 Å². The molecule has 6 nitrogen and oxygen atoms in total. The topological polar surface area (TPSA) is 71.7 Å². The number of guanidine groups is 1. The zero-order valence-electron chi connectivity index (χ0n) is 15.5. The molecular formula is C18H23ClF2N4O2. The van der Waals surface area contributed by atoms with Crippen molar-refractivity contribution in [3.63, 3.8) is 0 Å². The molecule has 2 aromatic rings. The normalized spacial score (nSPS) is 11.7. The second kappa shape index (κ2) is 10.1. The number of aliphatic imine (C=N–C) groups is 1. The van der Waals surface area contributed by atoms with Crippen LogP contribution in [0.5, 0.6) is 5.75 Å². The molecule has 148 valence electrons. The van der Waals surface area contributed by atoms with E-state index in [1.165, 1.54) is 12.1 Å². The van der Waals surface area contributed by atoms with Crippen molar-refractivity contribution in [2.75, 3.05) is 7.05 Å². The Morgan fingerprint density at radius 1 is 1.26 bits per heavy atom. The Balaban J connectivity index is 2.03. The summed E-state index contributed by atoms with van der Waals surface area (Å²) >= 11 is 5.96. The molecule has 0 amide bonds. The number of nitrogens with one attached hydrogen (secondary N) is 2. The molecule has 0 spiro atoms. The highest BCUT2D eigenvalue weighted by molar-refractivity contribution is 6.30. The number of aryl methyl sites for hydroxylation is 2. The third-order valence-corrected chi connectivity index (χ3v) is 4.18. The first kappa shape index (κ1) is 21.0. The van der Waals surface area contributed by atoms with Gasteiger partial charge in [-0.15, -0.1) is 0 Å². The van der Waals surface area contributed by atoms with E-state index in [2.05, 4.69) is 25.5 Å². The van der Waals surface area contributed by atoms with Gasteiger partial charge in [0.15, 0.2) is 5.96 Å². The smallest absolute Gasteiger partial charge is 0.387 e. The number of aromatic nitrogens is 1. The SMILES string of the molecule is CCc1noc(CC)c1CNC(=NC)NCc1cc(Cl)ccc1OC(F)F. The van der Waals surface area contributed by atoms with Crippen LogP contribution in [0.4, 0.5) is 8.78 Å². The molecule has 2 rings (SSSR count). The van der Waals surface area contributed by atoms with Gasteiger partial charge < -0.3 is 19.9 Å². The van der Waals surface area contributed by atoms with Gasteiger partial charge in [0.25, 0.3) is 0 Å². The molecule has 1 aromatic carbocycles. The van der Waals surface area contributed by atoms with Gasteiger partial charge in [-0.2, -0.15) is 8.78 Å². The third-order valence-electron chi connectivity index (χ3n) is 3.95. The van der Waals surface area contributed by atoms with Gasteiger partial charge in [0.1, 0.15) is 11.5 Å². The quantitative estimate of drug-likeness (QED) is 0.519. The molecule has 0 fully saturated rings. The molecule has 0 bridgehead atoms. The van der Waals surface area contributed by atoms with Crippen LogP contribution in [-0.4, -0.2) is 24.8 Å². The van der Waals surface area contributed by atoms with E-state index in [4.69, 9.17) is 16.1 Å². The maximum absolute atomic E-state index is 12.6. The molecule has 0 radical (unpaired) electrons. The largest absolute Gasteiger partial charge is 0.434 e. The van der Waals surface area contributed by atoms with E-state index in [1.807, 2.05) is 13.8 Å². The van der Waals surface area contributed by atoms with Crippen LogP contribution in [0.15, 0.2) is 27.7 Å². The molecule has 2 N–H and O–H groups in total. The van der Waals surface area contributed by atoms with Gasteiger partial charge in [-0.05, 0) is 24.6 Å². The molecule has 0 aliphatic carbocycles. The fourth-order valence-corrected chi connectivity index (χ4v) is 2.80. The lowest BCUT2D eigenvalue weighted by Gasteiger charge is -2.15. The molecule has 0 aliphatic heterocycles. The van der Waals surface area contributed by atoms with Gasteiger partial charge in [-0.1, -0.05) is 30.6 Å². The average molecular weight is 401 g/mol. The predicted octanol–water partition coefficient (Wildman–Crippen LogP) is 3.92. The number of ether oxygens (including phenoxy) is 1. The fourth-order valence-electron chi connectivity index (χ4n) is 2.61. The molecule has 1 heterocycles. The standard InChI is InChI=1S/C18H23ClF2N4O2/c1-4-14-13(15(5-2)27-25-14)10-24-18(22-3)23-9-11-8-12(19)6-7-16(11)26-17(20)21/h6-8,17H,4-5,9-10H2,1-3H3,(H2,22,23,24). The molecule has 0 aliphatic rings. The summed E-state index contributed by atoms with van der Waals surface area (Å²) in [5, 5.41) is 10.8. The molecule has 1 aromatic heterocycles. The highest BCUT2D eigenvalue weighted by Gasteiger charge is 2.14. The molecule has 9 heteroatoms. The predicted molar refractivity (Wildman–Crippen MR) is 100 cm³/mol. The second-order valence-corrected chi connectivity index (χ2v) is 6.08. The highest BCUT2D eigenvalue weighted by Crippen LogP contribution is 2.24. The number of hydrogen-bond donors (Lipinski definition) is 2. The van der Waals surface area contributed by atoms with E-state index in [0.29, 0.717) is 23.1 Å². The van der Waals surface area contributed by atoms with E-state index in [0.717, 1.165) is 29.9 Å². The maximum atomic E-state index is 12.6. The summed E-state index contributed by atoms with van der Waals surface area (Å²) in [6, 6.07) is 4.49. The molecule has 0 saturated carbocycles. The summed E-state index contributed by atoms with van der Waals surface area (Å²) < 4.78 is 35.0. The Labute approximate surface area is 161 Å². The third kappa shape index (κ3) is 5.82. The van der Waals surface area contributed by atoms with Crippen LogP contribution in [0.1, 0.15) is 36.4 Å². The maximum Gasteiger partial charge on any atom is 0.387 e. The summed E-state index contributed by atoms with van der Waals surface area (Å²) in [5.74, 6) is 1.40. The monoisotopic (exact) mass is 400 g/mol. The first-order valence-corrected chi connectivity index (χ1v) is 9.00. The van der Waals surface area contributed by atoms with Crippen LogP contribution in [0.2, 0.25) is 5.02 Å². The lowest BCUT2D eigenvalue weighted by atomic mass is 10.1. The van der Waals surface area contributed by atoms with Crippen LogP contribution >= 0.6 is 11.6 Å². The minimum Gasteiger partial charge on any atom is -0.434 e. The number of rotatable bonds is 8. The van der Waals surface area contributed by atoms with Crippen LogP contribution in [0.25, 0.3) is 0 Å². The van der Waals surface area contributed by atoms with E-state index in [-0.39, 0.29) is 12.3 Å². The minimum atomic E-state index is -2.91. The number of nitrogens with zero attached hydrogens (tertiary/aromatic N) is 2. The minimum absolute atomic E-state index is 0.0675. The van der Waals surface area contributed by atoms with Crippen molar-refractivity contribution in [2.45, 2.75) is 46.4 Å². The lowest BCUT2D eigenvalue weighted by Crippen LogP contribution is -2.36. The van der Waals surface area contributed by atoms with Crippen LogP contribution < -0.4 is 15.4 Å². The number of halogens is 3. The van der Waals surface area contributed by atoms with Gasteiger partial charge in [0.2, 0.25) is 0 Å². The van der Waals surface area contributed by atoms with Gasteiger partial charge >= 0.3 is 6.61 Å².